The normalized spacial score (nSPS) is 18.5. The molecule has 1 heterocycles. The number of para-hydroxylation sites is 2. The molecule has 0 unspecified atom stereocenters. The van der Waals surface area contributed by atoms with E-state index in [1.807, 2.05) is 0 Å². The molecule has 0 amide bonds. The van der Waals surface area contributed by atoms with Crippen LogP contribution in [0.2, 0.25) is 0 Å². The number of halogens is 2. The topological polar surface area (TPSA) is 9.86 Å². The summed E-state index contributed by atoms with van der Waals surface area (Å²) in [6, 6.07) is 17.4. The maximum absolute atomic E-state index is 6.82. The van der Waals surface area contributed by atoms with Gasteiger partial charge >= 0.3 is 192 Å². The first-order valence-corrected chi connectivity index (χ1v) is 26.3. The summed E-state index contributed by atoms with van der Waals surface area (Å²) in [5, 5.41) is 0. The SMILES string of the molecule is C1CCC([PH+](C2CCCCC2)C2CCCCC2)CC1.Cc1cc(C)c(-n2[c](=[Ru]([Cl])[Cl])n(-c3c(C)cc(C)cc3C)c3ccccc32)c(C)c1. The summed E-state index contributed by atoms with van der Waals surface area (Å²) in [4.78, 5) is 0. The van der Waals surface area contributed by atoms with Crippen molar-refractivity contribution in [2.24, 2.45) is 0 Å². The monoisotopic (exact) mass is 807 g/mol. The van der Waals surface area contributed by atoms with Gasteiger partial charge in [0, 0.05) is 7.92 Å². The first-order chi connectivity index (χ1) is 23.7. The van der Waals surface area contributed by atoms with Gasteiger partial charge in [0.05, 0.1) is 17.0 Å². The van der Waals surface area contributed by atoms with Crippen LogP contribution in [-0.2, 0) is 13.5 Å². The van der Waals surface area contributed by atoms with E-state index in [-0.39, 0.29) is 7.92 Å². The van der Waals surface area contributed by atoms with Gasteiger partial charge < -0.3 is 0 Å². The van der Waals surface area contributed by atoms with Crippen molar-refractivity contribution < 1.29 is 13.5 Å². The van der Waals surface area contributed by atoms with Gasteiger partial charge in [0.2, 0.25) is 0 Å². The molecule has 0 atom stereocenters. The average Bonchev–Trinajstić information content (AvgIpc) is 3.40. The predicted molar refractivity (Wildman–Crippen MR) is 215 cm³/mol. The molecule has 3 aliphatic rings. The van der Waals surface area contributed by atoms with Gasteiger partial charge in [0.1, 0.15) is 0 Å². The molecule has 0 radical (unpaired) electrons. The first-order valence-electron chi connectivity index (χ1n) is 19.2. The van der Waals surface area contributed by atoms with Crippen LogP contribution in [0.15, 0.2) is 48.5 Å². The van der Waals surface area contributed by atoms with E-state index in [9.17, 15) is 0 Å². The van der Waals surface area contributed by atoms with Gasteiger partial charge in [-0.3, -0.25) is 0 Å². The van der Waals surface area contributed by atoms with Crippen molar-refractivity contribution in [2.45, 2.75) is 155 Å². The van der Waals surface area contributed by atoms with Crippen LogP contribution in [0.4, 0.5) is 0 Å². The van der Waals surface area contributed by atoms with Crippen LogP contribution >= 0.6 is 27.3 Å². The molecule has 0 N–H and O–H groups in total. The molecule has 2 nitrogen and oxygen atoms in total. The molecule has 0 aliphatic heterocycles. The molecule has 0 bridgehead atoms. The Morgan fingerprint density at radius 2 is 0.816 bits per heavy atom. The molecule has 268 valence electrons. The fourth-order valence-corrected chi connectivity index (χ4v) is 18.1. The van der Waals surface area contributed by atoms with E-state index in [2.05, 4.69) is 99.2 Å². The zero-order valence-electron chi connectivity index (χ0n) is 31.0. The average molecular weight is 808 g/mol. The molecule has 0 saturated heterocycles. The second-order valence-electron chi connectivity index (χ2n) is 15.6. The first kappa shape index (κ1) is 37.5. The van der Waals surface area contributed by atoms with Gasteiger partial charge in [0.15, 0.2) is 0 Å². The van der Waals surface area contributed by atoms with Gasteiger partial charge in [-0.15, -0.1) is 0 Å². The minimum atomic E-state index is -2.31. The molecular formula is C43H60Cl2N2PRu+. The minimum absolute atomic E-state index is 0.0465. The molecule has 49 heavy (non-hydrogen) atoms. The van der Waals surface area contributed by atoms with E-state index in [4.69, 9.17) is 19.4 Å². The second kappa shape index (κ2) is 17.1. The number of fused-ring (bicyclic) bond motifs is 1. The summed E-state index contributed by atoms with van der Waals surface area (Å²) in [5.74, 6) is 0. The molecule has 4 aromatic rings. The van der Waals surface area contributed by atoms with E-state index in [1.54, 1.807) is 96.3 Å². The molecular weight excluding hydrogens is 747 g/mol. The molecule has 3 saturated carbocycles. The van der Waals surface area contributed by atoms with Gasteiger partial charge in [-0.25, -0.2) is 0 Å². The van der Waals surface area contributed by atoms with Crippen LogP contribution in [-0.4, -0.2) is 26.1 Å². The molecule has 0 spiro atoms. The van der Waals surface area contributed by atoms with Crippen molar-refractivity contribution in [3.63, 3.8) is 0 Å². The van der Waals surface area contributed by atoms with E-state index in [0.717, 1.165) is 15.0 Å². The summed E-state index contributed by atoms with van der Waals surface area (Å²) >= 11 is -2.31. The van der Waals surface area contributed by atoms with Gasteiger partial charge in [-0.1, -0.05) is 19.3 Å². The number of aromatic nitrogens is 2. The van der Waals surface area contributed by atoms with Crippen molar-refractivity contribution in [1.29, 1.82) is 0 Å². The number of hydrogen-bond donors (Lipinski definition) is 0. The van der Waals surface area contributed by atoms with Crippen molar-refractivity contribution >= 4 is 38.3 Å². The number of aryl methyl sites for hydroxylation is 6. The molecule has 3 fully saturated rings. The summed E-state index contributed by atoms with van der Waals surface area (Å²) < 4.78 is 5.60. The third kappa shape index (κ3) is 8.38. The number of benzene rings is 3. The number of rotatable bonds is 5. The van der Waals surface area contributed by atoms with E-state index >= 15 is 0 Å². The van der Waals surface area contributed by atoms with Crippen molar-refractivity contribution in [3.8, 4) is 11.4 Å². The van der Waals surface area contributed by atoms with Gasteiger partial charge in [0.25, 0.3) is 0 Å². The van der Waals surface area contributed by atoms with E-state index in [1.165, 1.54) is 61.7 Å². The molecule has 7 rings (SSSR count). The fraction of sp³-hybridized carbons (Fsp3) is 0.558. The predicted octanol–water partition coefficient (Wildman–Crippen LogP) is 13.9. The standard InChI is InChI=1S/C25H26N2.C18H33P.2ClH.Ru/c1-16-11-18(3)24(19(4)12-16)26-15-27(23-10-8-7-9-22(23)26)25-20(5)13-17(2)14-21(25)6;1-4-10-16(11-5-1)19(17-12-6-2-7-13-17)18-14-8-3-9-15-18;;;/h7-14H,1-6H3;16-18H,1-15H2;2*1H;/q;;;;+2/p-1. The number of hydrogen-bond acceptors (Lipinski definition) is 0. The Balaban J connectivity index is 0.000000188. The summed E-state index contributed by atoms with van der Waals surface area (Å²) in [6.45, 7) is 12.9. The van der Waals surface area contributed by atoms with E-state index < -0.39 is 13.5 Å². The Kier molecular flexibility index (Phi) is 13.1. The van der Waals surface area contributed by atoms with E-state index in [0.29, 0.717) is 0 Å². The second-order valence-corrected chi connectivity index (χ2v) is 24.7. The fourth-order valence-electron chi connectivity index (χ4n) is 10.0. The van der Waals surface area contributed by atoms with Crippen LogP contribution in [0.3, 0.4) is 0 Å². The van der Waals surface area contributed by atoms with Crippen LogP contribution in [0, 0.1) is 45.6 Å². The summed E-state index contributed by atoms with van der Waals surface area (Å²) in [5.41, 5.74) is 15.7. The molecule has 6 heteroatoms. The Morgan fingerprint density at radius 3 is 1.10 bits per heavy atom. The van der Waals surface area contributed by atoms with Crippen molar-refractivity contribution in [3.05, 3.63) is 85.9 Å². The van der Waals surface area contributed by atoms with Crippen molar-refractivity contribution in [2.75, 3.05) is 0 Å². The third-order valence-corrected chi connectivity index (χ3v) is 19.1. The van der Waals surface area contributed by atoms with Crippen LogP contribution in [0.25, 0.3) is 22.4 Å². The number of imidazole rings is 1. The third-order valence-electron chi connectivity index (χ3n) is 11.8. The zero-order chi connectivity index (χ0) is 34.7. The Labute approximate surface area is 311 Å². The summed E-state index contributed by atoms with van der Waals surface area (Å²) in [7, 11) is 13.6. The van der Waals surface area contributed by atoms with Crippen LogP contribution < -0.4 is 0 Å². The van der Waals surface area contributed by atoms with Crippen molar-refractivity contribution in [1.82, 2.24) is 9.13 Å². The molecule has 3 aliphatic carbocycles. The molecule has 3 aromatic carbocycles. The molecule has 1 aromatic heterocycles. The summed E-state index contributed by atoms with van der Waals surface area (Å²) in [6.07, 6.45) is 23.8. The Hall–Kier alpha value is -1.24. The zero-order valence-corrected chi connectivity index (χ0v) is 35.2. The number of nitrogens with zero attached hydrogens (tertiary/aromatic N) is 2. The van der Waals surface area contributed by atoms with Crippen LogP contribution in [0.1, 0.15) is 130 Å². The maximum atomic E-state index is 6.82. The van der Waals surface area contributed by atoms with Crippen LogP contribution in [0.5, 0.6) is 0 Å². The Bertz CT molecular complexity index is 1630. The quantitative estimate of drug-likeness (QED) is 0.140. The van der Waals surface area contributed by atoms with Gasteiger partial charge in [-0.05, 0) is 77.0 Å². The Morgan fingerprint density at radius 1 is 0.510 bits per heavy atom. The van der Waals surface area contributed by atoms with Gasteiger partial charge in [-0.2, -0.15) is 0 Å².